The van der Waals surface area contributed by atoms with E-state index in [1.807, 2.05) is 6.92 Å². The highest BCUT2D eigenvalue weighted by atomic mass is 19.1. The number of carbonyl (C=O) groups excluding carboxylic acids is 2. The van der Waals surface area contributed by atoms with E-state index in [9.17, 15) is 19.1 Å². The van der Waals surface area contributed by atoms with E-state index in [-0.39, 0.29) is 23.4 Å². The molecule has 30 heavy (non-hydrogen) atoms. The van der Waals surface area contributed by atoms with E-state index in [4.69, 9.17) is 9.47 Å². The molecule has 1 saturated heterocycles. The number of fused-ring (bicyclic) bond motifs is 1. The van der Waals surface area contributed by atoms with Gasteiger partial charge in [-0.1, -0.05) is 31.5 Å². The van der Waals surface area contributed by atoms with Crippen LogP contribution in [0.4, 0.5) is 4.39 Å². The summed E-state index contributed by atoms with van der Waals surface area (Å²) < 4.78 is 25.7. The standard InChI is InChI=1S/C23H22FNO5/c1-2-3-10-25-20(15-6-4-5-7-16(15)24)19(22(27)23(25)28)21(26)14-8-9-17-18(13-14)30-12-11-29-17/h4-9,13,20,26H,2-3,10-12H2,1H3/b21-19+. The van der Waals surface area contributed by atoms with Crippen molar-refractivity contribution in [2.75, 3.05) is 19.8 Å². The summed E-state index contributed by atoms with van der Waals surface area (Å²) in [5, 5.41) is 11.0. The van der Waals surface area contributed by atoms with Crippen LogP contribution in [-0.4, -0.2) is 41.5 Å². The molecule has 1 atom stereocenters. The van der Waals surface area contributed by atoms with Crippen LogP contribution in [-0.2, 0) is 9.59 Å². The zero-order chi connectivity index (χ0) is 21.3. The first-order valence-corrected chi connectivity index (χ1v) is 9.95. The van der Waals surface area contributed by atoms with Crippen LogP contribution in [0.5, 0.6) is 11.5 Å². The molecule has 0 saturated carbocycles. The molecule has 156 valence electrons. The van der Waals surface area contributed by atoms with Crippen molar-refractivity contribution in [3.05, 3.63) is 65.0 Å². The first-order valence-electron chi connectivity index (χ1n) is 9.95. The third-order valence-corrected chi connectivity index (χ3v) is 5.31. The second-order valence-electron chi connectivity index (χ2n) is 7.23. The minimum absolute atomic E-state index is 0.127. The van der Waals surface area contributed by atoms with Crippen molar-refractivity contribution >= 4 is 17.4 Å². The summed E-state index contributed by atoms with van der Waals surface area (Å²) in [5.74, 6) is -1.50. The van der Waals surface area contributed by atoms with Crippen molar-refractivity contribution in [2.45, 2.75) is 25.8 Å². The number of hydrogen-bond acceptors (Lipinski definition) is 5. The molecular weight excluding hydrogens is 389 g/mol. The summed E-state index contributed by atoms with van der Waals surface area (Å²) in [4.78, 5) is 27.0. The Bertz CT molecular complexity index is 1030. The Morgan fingerprint density at radius 1 is 1.13 bits per heavy atom. The zero-order valence-electron chi connectivity index (χ0n) is 16.6. The third kappa shape index (κ3) is 3.40. The van der Waals surface area contributed by atoms with Gasteiger partial charge in [0, 0.05) is 17.7 Å². The van der Waals surface area contributed by atoms with Crippen LogP contribution < -0.4 is 9.47 Å². The van der Waals surface area contributed by atoms with Crippen LogP contribution in [0, 0.1) is 5.82 Å². The summed E-state index contributed by atoms with van der Waals surface area (Å²) in [6.45, 7) is 3.05. The fourth-order valence-electron chi connectivity index (χ4n) is 3.81. The Morgan fingerprint density at radius 3 is 2.60 bits per heavy atom. The monoisotopic (exact) mass is 411 g/mol. The van der Waals surface area contributed by atoms with Crippen LogP contribution in [0.15, 0.2) is 48.0 Å². The highest BCUT2D eigenvalue weighted by Gasteiger charge is 2.46. The molecule has 0 bridgehead atoms. The van der Waals surface area contributed by atoms with Crippen molar-refractivity contribution in [1.29, 1.82) is 0 Å². The van der Waals surface area contributed by atoms with E-state index in [0.717, 1.165) is 6.42 Å². The number of halogens is 1. The molecule has 2 aromatic carbocycles. The highest BCUT2D eigenvalue weighted by molar-refractivity contribution is 6.46. The lowest BCUT2D eigenvalue weighted by Crippen LogP contribution is -2.31. The van der Waals surface area contributed by atoms with E-state index in [1.165, 1.54) is 23.1 Å². The SMILES string of the molecule is CCCCN1C(=O)C(=O)/C(=C(/O)c2ccc3c(c2)OCCO3)C1c1ccccc1F. The van der Waals surface area contributed by atoms with Crippen LogP contribution in [0.1, 0.15) is 36.9 Å². The molecule has 2 aromatic rings. The molecule has 1 unspecified atom stereocenters. The molecule has 4 rings (SSSR count). The Morgan fingerprint density at radius 2 is 1.87 bits per heavy atom. The quantitative estimate of drug-likeness (QED) is 0.460. The van der Waals surface area contributed by atoms with E-state index in [0.29, 0.717) is 36.7 Å². The van der Waals surface area contributed by atoms with Gasteiger partial charge in [-0.05, 0) is 30.7 Å². The first-order chi connectivity index (χ1) is 14.5. The number of ether oxygens (including phenoxy) is 2. The average Bonchev–Trinajstić information content (AvgIpc) is 3.01. The maximum Gasteiger partial charge on any atom is 0.295 e. The molecule has 1 amide bonds. The second-order valence-corrected chi connectivity index (χ2v) is 7.23. The molecule has 0 spiro atoms. The van der Waals surface area contributed by atoms with Gasteiger partial charge in [-0.3, -0.25) is 9.59 Å². The molecule has 7 heteroatoms. The number of amides is 1. The number of benzene rings is 2. The minimum Gasteiger partial charge on any atom is -0.507 e. The van der Waals surface area contributed by atoms with Gasteiger partial charge in [0.2, 0.25) is 0 Å². The number of likely N-dealkylation sites (tertiary alicyclic amines) is 1. The number of rotatable bonds is 5. The number of unbranched alkanes of at least 4 members (excludes halogenated alkanes) is 1. The lowest BCUT2D eigenvalue weighted by molar-refractivity contribution is -0.139. The highest BCUT2D eigenvalue weighted by Crippen LogP contribution is 2.41. The van der Waals surface area contributed by atoms with Crippen LogP contribution in [0.3, 0.4) is 0 Å². The molecule has 2 aliphatic rings. The maximum atomic E-state index is 14.7. The summed E-state index contributed by atoms with van der Waals surface area (Å²) in [6.07, 6.45) is 1.46. The van der Waals surface area contributed by atoms with E-state index in [2.05, 4.69) is 0 Å². The van der Waals surface area contributed by atoms with Gasteiger partial charge in [-0.15, -0.1) is 0 Å². The van der Waals surface area contributed by atoms with Crippen molar-refractivity contribution in [1.82, 2.24) is 4.90 Å². The van der Waals surface area contributed by atoms with Gasteiger partial charge in [0.1, 0.15) is 24.8 Å². The fraction of sp³-hybridized carbons (Fsp3) is 0.304. The normalized spacial score (nSPS) is 19.9. The molecule has 0 aliphatic carbocycles. The summed E-state index contributed by atoms with van der Waals surface area (Å²) in [5.41, 5.74) is 0.346. The number of ketones is 1. The Kier molecular flexibility index (Phi) is 5.44. The number of carbonyl (C=O) groups is 2. The summed E-state index contributed by atoms with van der Waals surface area (Å²) in [6, 6.07) is 9.77. The zero-order valence-corrected chi connectivity index (χ0v) is 16.6. The van der Waals surface area contributed by atoms with E-state index in [1.54, 1.807) is 24.3 Å². The molecular formula is C23H22FNO5. The average molecular weight is 411 g/mol. The van der Waals surface area contributed by atoms with Gasteiger partial charge >= 0.3 is 0 Å². The topological polar surface area (TPSA) is 76.1 Å². The number of Topliss-reactive ketones (excluding diaryl/α,β-unsaturated/α-hetero) is 1. The van der Waals surface area contributed by atoms with E-state index < -0.39 is 23.5 Å². The van der Waals surface area contributed by atoms with Gasteiger partial charge in [-0.2, -0.15) is 0 Å². The first kappa shape index (κ1) is 19.9. The predicted octanol–water partition coefficient (Wildman–Crippen LogP) is 3.82. The number of hydrogen-bond donors (Lipinski definition) is 1. The summed E-state index contributed by atoms with van der Waals surface area (Å²) in [7, 11) is 0. The van der Waals surface area contributed by atoms with Crippen LogP contribution in [0.25, 0.3) is 5.76 Å². The lowest BCUT2D eigenvalue weighted by atomic mass is 9.94. The van der Waals surface area contributed by atoms with Crippen molar-refractivity contribution in [2.24, 2.45) is 0 Å². The smallest absolute Gasteiger partial charge is 0.295 e. The Balaban J connectivity index is 1.85. The Hall–Kier alpha value is -3.35. The molecule has 1 fully saturated rings. The Labute approximate surface area is 173 Å². The van der Waals surface area contributed by atoms with Crippen molar-refractivity contribution in [3.63, 3.8) is 0 Å². The number of aliphatic hydroxyl groups is 1. The van der Waals surface area contributed by atoms with Crippen LogP contribution in [0.2, 0.25) is 0 Å². The predicted molar refractivity (Wildman–Crippen MR) is 108 cm³/mol. The molecule has 0 radical (unpaired) electrons. The molecule has 2 heterocycles. The maximum absolute atomic E-state index is 14.7. The number of aliphatic hydroxyl groups excluding tert-OH is 1. The van der Waals surface area contributed by atoms with Crippen LogP contribution >= 0.6 is 0 Å². The number of nitrogens with zero attached hydrogens (tertiary/aromatic N) is 1. The molecule has 1 N–H and O–H groups in total. The van der Waals surface area contributed by atoms with Gasteiger partial charge < -0.3 is 19.5 Å². The van der Waals surface area contributed by atoms with Gasteiger partial charge in [-0.25, -0.2) is 4.39 Å². The lowest BCUT2D eigenvalue weighted by Gasteiger charge is -2.25. The summed E-state index contributed by atoms with van der Waals surface area (Å²) >= 11 is 0. The molecule has 0 aromatic heterocycles. The van der Waals surface area contributed by atoms with Gasteiger partial charge in [0.05, 0.1) is 11.6 Å². The molecule has 6 nitrogen and oxygen atoms in total. The minimum atomic E-state index is -0.994. The van der Waals surface area contributed by atoms with E-state index >= 15 is 0 Å². The second kappa shape index (κ2) is 8.18. The fourth-order valence-corrected chi connectivity index (χ4v) is 3.81. The van der Waals surface area contributed by atoms with Crippen molar-refractivity contribution in [3.8, 4) is 11.5 Å². The van der Waals surface area contributed by atoms with Crippen molar-refractivity contribution < 1.29 is 28.6 Å². The molecule has 2 aliphatic heterocycles. The van der Waals surface area contributed by atoms with Gasteiger partial charge in [0.25, 0.3) is 11.7 Å². The largest absolute Gasteiger partial charge is 0.507 e. The van der Waals surface area contributed by atoms with Gasteiger partial charge in [0.15, 0.2) is 11.5 Å². The third-order valence-electron chi connectivity index (χ3n) is 5.31.